The number of aliphatic hydroxyl groups is 1. The van der Waals surface area contributed by atoms with E-state index in [1.165, 1.54) is 199 Å². The first-order chi connectivity index (χ1) is 30.0. The van der Waals surface area contributed by atoms with Gasteiger partial charge in [0.25, 0.3) is 0 Å². The third-order valence-electron chi connectivity index (χ3n) is 12.2. The molecule has 3 N–H and O–H groups in total. The van der Waals surface area contributed by atoms with Gasteiger partial charge in [-0.15, -0.1) is 0 Å². The number of nitrogens with zero attached hydrogens (tertiary/aromatic N) is 1. The second-order valence-electron chi connectivity index (χ2n) is 19.6. The van der Waals surface area contributed by atoms with Crippen LogP contribution in [0.15, 0.2) is 24.3 Å². The Morgan fingerprint density at radius 3 is 1.24 bits per heavy atom. The number of unbranched alkanes of at least 4 members (excludes halogenated alkanes) is 34. The minimum atomic E-state index is -4.34. The minimum Gasteiger partial charge on any atom is -0.387 e. The molecule has 0 bridgehead atoms. The smallest absolute Gasteiger partial charge is 0.387 e. The second kappa shape index (κ2) is 45.1. The third kappa shape index (κ3) is 47.0. The molecule has 0 aromatic heterocycles. The molecule has 8 nitrogen and oxygen atoms in total. The van der Waals surface area contributed by atoms with Crippen molar-refractivity contribution in [2.24, 2.45) is 0 Å². The molecular weight excluding hydrogens is 792 g/mol. The number of likely N-dealkylation sites (N-methyl/N-ethyl adjacent to an activating group) is 1. The summed E-state index contributed by atoms with van der Waals surface area (Å²) in [7, 11) is 1.58. The first kappa shape index (κ1) is 61.0. The molecule has 0 saturated carbocycles. The van der Waals surface area contributed by atoms with E-state index < -0.39 is 20.0 Å². The number of nitrogens with one attached hydrogen (secondary N) is 1. The molecule has 3 unspecified atom stereocenters. The monoisotopic (exact) mass is 898 g/mol. The van der Waals surface area contributed by atoms with Gasteiger partial charge in [-0.1, -0.05) is 231 Å². The van der Waals surface area contributed by atoms with E-state index in [9.17, 15) is 19.4 Å². The van der Waals surface area contributed by atoms with Crippen LogP contribution in [0.4, 0.5) is 0 Å². The number of carbonyl (C=O) groups is 1. The van der Waals surface area contributed by atoms with E-state index in [1.54, 1.807) is 6.08 Å². The Morgan fingerprint density at radius 2 is 0.871 bits per heavy atom. The Labute approximate surface area is 385 Å². The lowest BCUT2D eigenvalue weighted by Crippen LogP contribution is -2.45. The number of carbonyl (C=O) groups excluding carboxylic acids is 1. The van der Waals surface area contributed by atoms with Crippen molar-refractivity contribution in [2.75, 3.05) is 40.9 Å². The number of aliphatic hydroxyl groups excluding tert-OH is 1. The van der Waals surface area contributed by atoms with Gasteiger partial charge in [-0.3, -0.25) is 13.8 Å². The summed E-state index contributed by atoms with van der Waals surface area (Å²) in [4.78, 5) is 23.2. The minimum absolute atomic E-state index is 0.0621. The van der Waals surface area contributed by atoms with Gasteiger partial charge in [0.15, 0.2) is 0 Å². The van der Waals surface area contributed by atoms with Crippen LogP contribution >= 0.6 is 7.82 Å². The van der Waals surface area contributed by atoms with Gasteiger partial charge in [0, 0.05) is 6.42 Å². The maximum atomic E-state index is 12.9. The van der Waals surface area contributed by atoms with Crippen molar-refractivity contribution < 1.29 is 32.9 Å². The fourth-order valence-electron chi connectivity index (χ4n) is 7.92. The molecule has 0 aliphatic carbocycles. The average molecular weight is 898 g/mol. The SMILES string of the molecule is CCCCCCCCC/C=C\CCCCCCCCCC(=O)NC(COP(=O)(O)OCC[N+](C)(C)C)C(O)/C=C/CCCCCCCCCCCCCCCCCCCCCC. The fourth-order valence-corrected chi connectivity index (χ4v) is 8.66. The summed E-state index contributed by atoms with van der Waals surface area (Å²) in [5, 5.41) is 13.9. The van der Waals surface area contributed by atoms with E-state index in [2.05, 4.69) is 31.3 Å². The molecule has 9 heteroatoms. The van der Waals surface area contributed by atoms with E-state index >= 15 is 0 Å². The van der Waals surface area contributed by atoms with Crippen LogP contribution in [0.25, 0.3) is 0 Å². The van der Waals surface area contributed by atoms with Crippen molar-refractivity contribution in [1.29, 1.82) is 0 Å². The zero-order valence-corrected chi connectivity index (χ0v) is 42.8. The van der Waals surface area contributed by atoms with Crippen molar-refractivity contribution in [3.63, 3.8) is 0 Å². The summed E-state index contributed by atoms with van der Waals surface area (Å²) < 4.78 is 23.7. The molecule has 0 radical (unpaired) electrons. The summed E-state index contributed by atoms with van der Waals surface area (Å²) in [6, 6.07) is -0.847. The topological polar surface area (TPSA) is 105 Å². The van der Waals surface area contributed by atoms with Gasteiger partial charge in [-0.25, -0.2) is 4.57 Å². The molecule has 0 heterocycles. The molecule has 0 aliphatic rings. The highest BCUT2D eigenvalue weighted by atomic mass is 31.2. The Bertz CT molecular complexity index is 1060. The summed E-state index contributed by atoms with van der Waals surface area (Å²) in [6.45, 7) is 4.84. The summed E-state index contributed by atoms with van der Waals surface area (Å²) in [6.07, 6.45) is 55.4. The van der Waals surface area contributed by atoms with Crippen molar-refractivity contribution >= 4 is 13.7 Å². The Balaban J connectivity index is 4.27. The molecule has 0 aromatic rings. The first-order valence-corrected chi connectivity index (χ1v) is 28.2. The Kier molecular flexibility index (Phi) is 44.4. The van der Waals surface area contributed by atoms with E-state index in [0.29, 0.717) is 17.4 Å². The highest BCUT2D eigenvalue weighted by Gasteiger charge is 2.27. The van der Waals surface area contributed by atoms with E-state index in [4.69, 9.17) is 9.05 Å². The zero-order chi connectivity index (χ0) is 45.7. The lowest BCUT2D eigenvalue weighted by molar-refractivity contribution is -0.870. The van der Waals surface area contributed by atoms with Gasteiger partial charge in [-0.2, -0.15) is 0 Å². The van der Waals surface area contributed by atoms with E-state index in [0.717, 1.165) is 38.5 Å². The van der Waals surface area contributed by atoms with Crippen LogP contribution in [0.2, 0.25) is 0 Å². The fraction of sp³-hybridized carbons (Fsp3) is 0.906. The molecule has 0 aromatic carbocycles. The lowest BCUT2D eigenvalue weighted by Gasteiger charge is -2.25. The van der Waals surface area contributed by atoms with Crippen LogP contribution in [0, 0.1) is 0 Å². The van der Waals surface area contributed by atoms with Gasteiger partial charge in [-0.05, 0) is 44.9 Å². The number of amides is 1. The summed E-state index contributed by atoms with van der Waals surface area (Å²) in [5.74, 6) is -0.179. The standard InChI is InChI=1S/C53H105N2O6P/c1-6-8-10-12-14-16-18-20-22-24-26-27-28-29-30-32-34-36-38-40-42-44-46-52(56)51(50-61-62(58,59)60-49-48-55(3,4)5)54-53(57)47-45-43-41-39-37-35-33-31-25-23-21-19-17-15-13-11-9-7-2/h23,25,44,46,51-52,56H,6-22,24,26-43,45,47-50H2,1-5H3,(H-,54,57,58,59)/p+1/b25-23-,46-44+. The van der Waals surface area contributed by atoms with Gasteiger partial charge in [0.1, 0.15) is 13.2 Å². The van der Waals surface area contributed by atoms with E-state index in [1.807, 2.05) is 27.2 Å². The van der Waals surface area contributed by atoms with Crippen molar-refractivity contribution in [1.82, 2.24) is 5.32 Å². The van der Waals surface area contributed by atoms with Crippen LogP contribution in [0.3, 0.4) is 0 Å². The molecule has 1 amide bonds. The first-order valence-electron chi connectivity index (χ1n) is 26.7. The number of hydrogen-bond acceptors (Lipinski definition) is 5. The van der Waals surface area contributed by atoms with Crippen molar-refractivity contribution in [2.45, 2.75) is 270 Å². The third-order valence-corrected chi connectivity index (χ3v) is 13.1. The molecular formula is C53H106N2O6P+. The highest BCUT2D eigenvalue weighted by molar-refractivity contribution is 7.47. The van der Waals surface area contributed by atoms with Crippen LogP contribution in [-0.2, 0) is 18.4 Å². The van der Waals surface area contributed by atoms with Gasteiger partial charge in [0.05, 0.1) is 39.9 Å². The molecule has 368 valence electrons. The molecule has 0 fully saturated rings. The van der Waals surface area contributed by atoms with Gasteiger partial charge in [0.2, 0.25) is 5.91 Å². The lowest BCUT2D eigenvalue weighted by atomic mass is 10.0. The predicted octanol–water partition coefficient (Wildman–Crippen LogP) is 15.6. The maximum Gasteiger partial charge on any atom is 0.472 e. The van der Waals surface area contributed by atoms with Gasteiger partial charge >= 0.3 is 7.82 Å². The largest absolute Gasteiger partial charge is 0.472 e. The average Bonchev–Trinajstić information content (AvgIpc) is 3.23. The van der Waals surface area contributed by atoms with Crippen LogP contribution in [0.1, 0.15) is 258 Å². The normalized spacial score (nSPS) is 14.2. The summed E-state index contributed by atoms with van der Waals surface area (Å²) in [5.41, 5.74) is 0. The predicted molar refractivity (Wildman–Crippen MR) is 268 cm³/mol. The number of rotatable bonds is 49. The molecule has 3 atom stereocenters. The molecule has 0 saturated heterocycles. The van der Waals surface area contributed by atoms with Crippen LogP contribution in [-0.4, -0.2) is 73.4 Å². The second-order valence-corrected chi connectivity index (χ2v) is 21.1. The maximum absolute atomic E-state index is 12.9. The molecule has 0 aliphatic heterocycles. The number of phosphoric acid groups is 1. The molecule has 0 spiro atoms. The van der Waals surface area contributed by atoms with E-state index in [-0.39, 0.29) is 19.1 Å². The number of allylic oxidation sites excluding steroid dienone is 3. The number of quaternary nitrogens is 1. The number of hydrogen-bond donors (Lipinski definition) is 3. The number of phosphoric ester groups is 1. The molecule has 0 rings (SSSR count). The zero-order valence-electron chi connectivity index (χ0n) is 41.9. The Hall–Kier alpha value is -1.02. The highest BCUT2D eigenvalue weighted by Crippen LogP contribution is 2.43. The summed E-state index contributed by atoms with van der Waals surface area (Å²) >= 11 is 0. The molecule has 62 heavy (non-hydrogen) atoms. The van der Waals surface area contributed by atoms with Crippen molar-refractivity contribution in [3.05, 3.63) is 24.3 Å². The van der Waals surface area contributed by atoms with Crippen LogP contribution in [0.5, 0.6) is 0 Å². The Morgan fingerprint density at radius 1 is 0.532 bits per heavy atom. The van der Waals surface area contributed by atoms with Gasteiger partial charge < -0.3 is 19.8 Å². The quantitative estimate of drug-likeness (QED) is 0.0243. The van der Waals surface area contributed by atoms with Crippen molar-refractivity contribution in [3.8, 4) is 0 Å². The van der Waals surface area contributed by atoms with Crippen LogP contribution < -0.4 is 5.32 Å².